The van der Waals surface area contributed by atoms with Crippen molar-refractivity contribution in [1.82, 2.24) is 0 Å². The van der Waals surface area contributed by atoms with Gasteiger partial charge in [-0.1, -0.05) is 33.6 Å². The van der Waals surface area contributed by atoms with Gasteiger partial charge in [0.2, 0.25) is 0 Å². The SMILES string of the molecule is ClCCc1ccc(Br)cc1Cl. The number of hydrogen-bond acceptors (Lipinski definition) is 0. The van der Waals surface area contributed by atoms with Crippen molar-refractivity contribution in [2.24, 2.45) is 0 Å². The quantitative estimate of drug-likeness (QED) is 0.702. The molecule has 1 rings (SSSR count). The van der Waals surface area contributed by atoms with Crippen LogP contribution >= 0.6 is 39.1 Å². The predicted octanol–water partition coefficient (Wildman–Crippen LogP) is 3.88. The standard InChI is InChI=1S/C8H7BrCl2/c9-7-2-1-6(3-4-10)8(11)5-7/h1-2,5H,3-4H2. The van der Waals surface area contributed by atoms with Gasteiger partial charge in [0.1, 0.15) is 0 Å². The lowest BCUT2D eigenvalue weighted by Crippen LogP contribution is -1.86. The average molecular weight is 254 g/mol. The maximum Gasteiger partial charge on any atom is 0.0449 e. The van der Waals surface area contributed by atoms with Crippen molar-refractivity contribution in [3.8, 4) is 0 Å². The summed E-state index contributed by atoms with van der Waals surface area (Å²) in [6.07, 6.45) is 0.827. The first-order chi connectivity index (χ1) is 5.24. The second-order valence-corrected chi connectivity index (χ2v) is 3.88. The fraction of sp³-hybridized carbons (Fsp3) is 0.250. The summed E-state index contributed by atoms with van der Waals surface area (Å²) in [6.45, 7) is 0. The summed E-state index contributed by atoms with van der Waals surface area (Å²) in [5, 5.41) is 0.778. The van der Waals surface area contributed by atoms with Gasteiger partial charge in [0, 0.05) is 15.4 Å². The van der Waals surface area contributed by atoms with Gasteiger partial charge in [-0.05, 0) is 24.1 Å². The Kier molecular flexibility index (Phi) is 3.70. The Bertz CT molecular complexity index is 248. The number of rotatable bonds is 2. The smallest absolute Gasteiger partial charge is 0.0449 e. The Labute approximate surface area is 84.6 Å². The van der Waals surface area contributed by atoms with Gasteiger partial charge in [-0.2, -0.15) is 0 Å². The predicted molar refractivity (Wildman–Crippen MR) is 53.6 cm³/mol. The molecule has 0 atom stereocenters. The topological polar surface area (TPSA) is 0 Å². The normalized spacial score (nSPS) is 10.1. The van der Waals surface area contributed by atoms with Gasteiger partial charge in [-0.3, -0.25) is 0 Å². The number of benzene rings is 1. The molecule has 11 heavy (non-hydrogen) atoms. The van der Waals surface area contributed by atoms with Crippen molar-refractivity contribution >= 4 is 39.1 Å². The van der Waals surface area contributed by atoms with Crippen LogP contribution in [0.3, 0.4) is 0 Å². The molecule has 0 amide bonds. The van der Waals surface area contributed by atoms with E-state index < -0.39 is 0 Å². The summed E-state index contributed by atoms with van der Waals surface area (Å²) >= 11 is 14.8. The summed E-state index contributed by atoms with van der Waals surface area (Å²) in [5.74, 6) is 0.612. The lowest BCUT2D eigenvalue weighted by Gasteiger charge is -2.00. The van der Waals surface area contributed by atoms with Crippen LogP contribution < -0.4 is 0 Å². The van der Waals surface area contributed by atoms with Gasteiger partial charge in [-0.15, -0.1) is 11.6 Å². The lowest BCUT2D eigenvalue weighted by atomic mass is 10.2. The molecule has 0 bridgehead atoms. The molecule has 0 nitrogen and oxygen atoms in total. The van der Waals surface area contributed by atoms with Crippen LogP contribution in [0.5, 0.6) is 0 Å². The first kappa shape index (κ1) is 9.37. The highest BCUT2D eigenvalue weighted by Gasteiger charge is 1.98. The maximum absolute atomic E-state index is 5.92. The van der Waals surface area contributed by atoms with Crippen LogP contribution in [0.25, 0.3) is 0 Å². The molecule has 0 radical (unpaired) electrons. The van der Waals surface area contributed by atoms with E-state index >= 15 is 0 Å². The summed E-state index contributed by atoms with van der Waals surface area (Å²) in [5.41, 5.74) is 1.10. The van der Waals surface area contributed by atoms with Crippen LogP contribution in [0.4, 0.5) is 0 Å². The zero-order chi connectivity index (χ0) is 8.27. The van der Waals surface area contributed by atoms with E-state index in [1.54, 1.807) is 0 Å². The highest BCUT2D eigenvalue weighted by atomic mass is 79.9. The number of aryl methyl sites for hydroxylation is 1. The molecule has 0 aromatic heterocycles. The molecular formula is C8H7BrCl2. The molecule has 1 aromatic carbocycles. The molecule has 0 unspecified atom stereocenters. The van der Waals surface area contributed by atoms with E-state index in [0.717, 1.165) is 21.5 Å². The Morgan fingerprint density at radius 1 is 1.36 bits per heavy atom. The van der Waals surface area contributed by atoms with Crippen molar-refractivity contribution in [1.29, 1.82) is 0 Å². The van der Waals surface area contributed by atoms with Crippen molar-refractivity contribution in [3.63, 3.8) is 0 Å². The minimum Gasteiger partial charge on any atom is -0.126 e. The van der Waals surface area contributed by atoms with E-state index in [1.807, 2.05) is 18.2 Å². The zero-order valence-corrected chi connectivity index (χ0v) is 8.88. The molecule has 1 aromatic rings. The third kappa shape index (κ3) is 2.66. The van der Waals surface area contributed by atoms with E-state index in [0.29, 0.717) is 5.88 Å². The Morgan fingerprint density at radius 2 is 2.09 bits per heavy atom. The molecule has 0 saturated carbocycles. The molecule has 0 fully saturated rings. The van der Waals surface area contributed by atoms with Crippen molar-refractivity contribution in [3.05, 3.63) is 33.3 Å². The van der Waals surface area contributed by atoms with Crippen molar-refractivity contribution in [2.75, 3.05) is 5.88 Å². The van der Waals surface area contributed by atoms with Crippen LogP contribution in [-0.4, -0.2) is 5.88 Å². The molecule has 0 N–H and O–H groups in total. The van der Waals surface area contributed by atoms with Gasteiger partial charge in [0.25, 0.3) is 0 Å². The monoisotopic (exact) mass is 252 g/mol. The molecule has 0 aliphatic rings. The minimum atomic E-state index is 0.612. The van der Waals surface area contributed by atoms with E-state index in [-0.39, 0.29) is 0 Å². The van der Waals surface area contributed by atoms with Gasteiger partial charge < -0.3 is 0 Å². The van der Waals surface area contributed by atoms with Crippen molar-refractivity contribution < 1.29 is 0 Å². The molecule has 0 heterocycles. The maximum atomic E-state index is 5.92. The second kappa shape index (κ2) is 4.34. The van der Waals surface area contributed by atoms with Gasteiger partial charge >= 0.3 is 0 Å². The van der Waals surface area contributed by atoms with Crippen LogP contribution in [0, 0.1) is 0 Å². The molecule has 0 saturated heterocycles. The zero-order valence-electron chi connectivity index (χ0n) is 5.78. The third-order valence-corrected chi connectivity index (χ3v) is 2.41. The second-order valence-electron chi connectivity index (χ2n) is 2.17. The molecule has 0 aliphatic carbocycles. The fourth-order valence-corrected chi connectivity index (χ4v) is 1.80. The Balaban J connectivity index is 2.90. The molecule has 3 heteroatoms. The summed E-state index contributed by atoms with van der Waals surface area (Å²) in [4.78, 5) is 0. The van der Waals surface area contributed by atoms with Crippen LogP contribution in [0.15, 0.2) is 22.7 Å². The first-order valence-corrected chi connectivity index (χ1v) is 4.94. The first-order valence-electron chi connectivity index (χ1n) is 3.24. The molecule has 0 aliphatic heterocycles. The number of alkyl halides is 1. The lowest BCUT2D eigenvalue weighted by molar-refractivity contribution is 1.15. The van der Waals surface area contributed by atoms with E-state index in [4.69, 9.17) is 23.2 Å². The highest BCUT2D eigenvalue weighted by molar-refractivity contribution is 9.10. The fourth-order valence-electron chi connectivity index (χ4n) is 0.826. The van der Waals surface area contributed by atoms with Crippen molar-refractivity contribution in [2.45, 2.75) is 6.42 Å². The van der Waals surface area contributed by atoms with E-state index in [2.05, 4.69) is 15.9 Å². The summed E-state index contributed by atoms with van der Waals surface area (Å²) in [6, 6.07) is 5.83. The van der Waals surface area contributed by atoms with E-state index in [1.165, 1.54) is 0 Å². The third-order valence-electron chi connectivity index (χ3n) is 1.38. The van der Waals surface area contributed by atoms with Crippen LogP contribution in [0.1, 0.15) is 5.56 Å². The molecule has 0 spiro atoms. The summed E-state index contributed by atoms with van der Waals surface area (Å²) in [7, 11) is 0. The highest BCUT2D eigenvalue weighted by Crippen LogP contribution is 2.21. The molecular weight excluding hydrogens is 247 g/mol. The minimum absolute atomic E-state index is 0.612. The Hall–Kier alpha value is 0.280. The van der Waals surface area contributed by atoms with Gasteiger partial charge in [-0.25, -0.2) is 0 Å². The largest absolute Gasteiger partial charge is 0.126 e. The summed E-state index contributed by atoms with van der Waals surface area (Å²) < 4.78 is 1.00. The van der Waals surface area contributed by atoms with Gasteiger partial charge in [0.15, 0.2) is 0 Å². The van der Waals surface area contributed by atoms with E-state index in [9.17, 15) is 0 Å². The van der Waals surface area contributed by atoms with Crippen LogP contribution in [-0.2, 0) is 6.42 Å². The molecule has 60 valence electrons. The Morgan fingerprint density at radius 3 is 2.64 bits per heavy atom. The number of hydrogen-bond donors (Lipinski definition) is 0. The van der Waals surface area contributed by atoms with Crippen LogP contribution in [0.2, 0.25) is 5.02 Å². The average Bonchev–Trinajstić information content (AvgIpc) is 1.95. The van der Waals surface area contributed by atoms with Gasteiger partial charge in [0.05, 0.1) is 0 Å². The number of halogens is 3.